The molecule has 6 nitrogen and oxygen atoms in total. The fraction of sp³-hybridized carbons (Fsp3) is 0.400. The summed E-state index contributed by atoms with van der Waals surface area (Å²) in [5, 5.41) is 0. The number of hydrogen-bond acceptors (Lipinski definition) is 4. The van der Waals surface area contributed by atoms with Crippen molar-refractivity contribution in [3.8, 4) is 0 Å². The first kappa shape index (κ1) is 22.9. The maximum atomic E-state index is 13.5. The van der Waals surface area contributed by atoms with Crippen molar-refractivity contribution in [3.63, 3.8) is 0 Å². The van der Waals surface area contributed by atoms with Gasteiger partial charge in [0, 0.05) is 56.0 Å². The number of Topliss-reactive ketones (excluding diaryl/α,β-unsaturated/α-hetero) is 1. The number of amides is 1. The summed E-state index contributed by atoms with van der Waals surface area (Å²) in [5.74, 6) is -1.93. The lowest BCUT2D eigenvalue weighted by atomic mass is 10.1. The maximum absolute atomic E-state index is 13.5. The Morgan fingerprint density at radius 3 is 2.12 bits per heavy atom. The Morgan fingerprint density at radius 1 is 0.879 bits per heavy atom. The summed E-state index contributed by atoms with van der Waals surface area (Å²) in [7, 11) is 0. The fourth-order valence-electron chi connectivity index (χ4n) is 4.30. The molecule has 0 spiro atoms. The number of halogens is 2. The molecule has 0 atom stereocenters. The molecule has 2 heterocycles. The van der Waals surface area contributed by atoms with Crippen LogP contribution in [-0.4, -0.2) is 72.5 Å². The Balaban J connectivity index is 1.36. The minimum Gasteiger partial charge on any atom is -0.365 e. The van der Waals surface area contributed by atoms with Gasteiger partial charge in [0.05, 0.1) is 12.2 Å². The number of rotatable bonds is 4. The van der Waals surface area contributed by atoms with Crippen LogP contribution in [0.2, 0.25) is 0 Å². The quantitative estimate of drug-likeness (QED) is 0.394. The molecule has 0 radical (unpaired) electrons. The molecule has 4 rings (SSSR count). The number of para-hydroxylation sites is 1. The van der Waals surface area contributed by atoms with Crippen molar-refractivity contribution in [1.29, 1.82) is 0 Å². The van der Waals surface area contributed by atoms with Gasteiger partial charge in [0.15, 0.2) is 5.78 Å². The van der Waals surface area contributed by atoms with Crippen molar-refractivity contribution in [3.05, 3.63) is 59.7 Å². The third-order valence-electron chi connectivity index (χ3n) is 6.24. The number of hydrogen-bond donors (Lipinski definition) is 0. The molecular formula is C25H28F2N4O2. The zero-order valence-corrected chi connectivity index (χ0v) is 18.9. The second-order valence-corrected chi connectivity index (χ2v) is 8.59. The Morgan fingerprint density at radius 2 is 1.52 bits per heavy atom. The molecule has 2 aromatic rings. The van der Waals surface area contributed by atoms with Crippen molar-refractivity contribution in [2.75, 3.05) is 44.2 Å². The smallest absolute Gasteiger partial charge is 0.266 e. The van der Waals surface area contributed by atoms with Crippen molar-refractivity contribution < 1.29 is 18.4 Å². The van der Waals surface area contributed by atoms with Gasteiger partial charge in [-0.3, -0.25) is 9.59 Å². The van der Waals surface area contributed by atoms with Gasteiger partial charge < -0.3 is 14.7 Å². The lowest BCUT2D eigenvalue weighted by Crippen LogP contribution is -2.50. The first-order valence-electron chi connectivity index (χ1n) is 11.2. The second kappa shape index (κ2) is 9.29. The molecule has 2 saturated heterocycles. The third kappa shape index (κ3) is 5.21. The SMILES string of the molecule is CC(=O)c1ccccc1N=C(C)N1CCN(C(=O)c2ccc(N3CCC(F)(F)C3)cc2)CC1. The molecule has 0 saturated carbocycles. The van der Waals surface area contributed by atoms with Crippen LogP contribution in [0.4, 0.5) is 20.2 Å². The average molecular weight is 455 g/mol. The van der Waals surface area contributed by atoms with Gasteiger partial charge in [-0.15, -0.1) is 0 Å². The van der Waals surface area contributed by atoms with E-state index in [0.29, 0.717) is 55.2 Å². The van der Waals surface area contributed by atoms with E-state index >= 15 is 0 Å². The fourth-order valence-corrected chi connectivity index (χ4v) is 4.30. The molecule has 174 valence electrons. The van der Waals surface area contributed by atoms with E-state index in [1.54, 1.807) is 40.1 Å². The van der Waals surface area contributed by atoms with Crippen molar-refractivity contribution in [2.24, 2.45) is 4.99 Å². The highest BCUT2D eigenvalue weighted by atomic mass is 19.3. The summed E-state index contributed by atoms with van der Waals surface area (Å²) in [6.07, 6.45) is -0.138. The highest BCUT2D eigenvalue weighted by molar-refractivity contribution is 6.00. The predicted molar refractivity (Wildman–Crippen MR) is 125 cm³/mol. The molecule has 2 aliphatic rings. The number of amidine groups is 1. The lowest BCUT2D eigenvalue weighted by Gasteiger charge is -2.36. The van der Waals surface area contributed by atoms with E-state index < -0.39 is 5.92 Å². The van der Waals surface area contributed by atoms with E-state index in [9.17, 15) is 18.4 Å². The highest BCUT2D eigenvalue weighted by Gasteiger charge is 2.38. The van der Waals surface area contributed by atoms with E-state index in [2.05, 4.69) is 9.89 Å². The van der Waals surface area contributed by atoms with E-state index in [4.69, 9.17) is 0 Å². The largest absolute Gasteiger partial charge is 0.365 e. The number of carbonyl (C=O) groups excluding carboxylic acids is 2. The summed E-state index contributed by atoms with van der Waals surface area (Å²) >= 11 is 0. The number of nitrogens with zero attached hydrogens (tertiary/aromatic N) is 4. The molecule has 0 N–H and O–H groups in total. The number of piperazine rings is 1. The average Bonchev–Trinajstić information content (AvgIpc) is 3.18. The van der Waals surface area contributed by atoms with Gasteiger partial charge in [0.1, 0.15) is 5.84 Å². The van der Waals surface area contributed by atoms with Crippen LogP contribution in [0.3, 0.4) is 0 Å². The summed E-state index contributed by atoms with van der Waals surface area (Å²) in [6, 6.07) is 14.2. The van der Waals surface area contributed by atoms with Crippen molar-refractivity contribution >= 4 is 28.9 Å². The lowest BCUT2D eigenvalue weighted by molar-refractivity contribution is 0.0257. The number of anilines is 1. The van der Waals surface area contributed by atoms with Crippen LogP contribution in [0.25, 0.3) is 0 Å². The first-order valence-corrected chi connectivity index (χ1v) is 11.2. The highest BCUT2D eigenvalue weighted by Crippen LogP contribution is 2.31. The normalized spacial score (nSPS) is 18.5. The third-order valence-corrected chi connectivity index (χ3v) is 6.24. The van der Waals surface area contributed by atoms with E-state index in [1.165, 1.54) is 6.92 Å². The van der Waals surface area contributed by atoms with Crippen molar-refractivity contribution in [1.82, 2.24) is 9.80 Å². The second-order valence-electron chi connectivity index (χ2n) is 8.59. The first-order chi connectivity index (χ1) is 15.7. The Labute approximate surface area is 192 Å². The van der Waals surface area contributed by atoms with Gasteiger partial charge in [-0.1, -0.05) is 12.1 Å². The van der Waals surface area contributed by atoms with Gasteiger partial charge in [0.2, 0.25) is 0 Å². The van der Waals surface area contributed by atoms with Crippen LogP contribution >= 0.6 is 0 Å². The van der Waals surface area contributed by atoms with Crippen LogP contribution in [-0.2, 0) is 0 Å². The van der Waals surface area contributed by atoms with Crippen LogP contribution in [0.5, 0.6) is 0 Å². The maximum Gasteiger partial charge on any atom is 0.266 e. The monoisotopic (exact) mass is 454 g/mol. The Kier molecular flexibility index (Phi) is 6.44. The summed E-state index contributed by atoms with van der Waals surface area (Å²) in [6.45, 7) is 5.88. The van der Waals surface area contributed by atoms with Crippen LogP contribution in [0, 0.1) is 0 Å². The molecule has 0 aliphatic carbocycles. The van der Waals surface area contributed by atoms with Gasteiger partial charge >= 0.3 is 0 Å². The molecule has 8 heteroatoms. The topological polar surface area (TPSA) is 56.2 Å². The zero-order chi connectivity index (χ0) is 23.6. The number of alkyl halides is 2. The van der Waals surface area contributed by atoms with Crippen LogP contribution in [0.1, 0.15) is 41.0 Å². The summed E-state index contributed by atoms with van der Waals surface area (Å²) in [4.78, 5) is 35.0. The van der Waals surface area contributed by atoms with Gasteiger partial charge in [-0.2, -0.15) is 0 Å². The minimum absolute atomic E-state index is 0.0259. The zero-order valence-electron chi connectivity index (χ0n) is 18.9. The molecule has 0 unspecified atom stereocenters. The molecule has 1 amide bonds. The van der Waals surface area contributed by atoms with Gasteiger partial charge in [0.25, 0.3) is 11.8 Å². The molecule has 2 aromatic carbocycles. The summed E-state index contributed by atoms with van der Waals surface area (Å²) < 4.78 is 26.9. The van der Waals surface area contributed by atoms with E-state index in [-0.39, 0.29) is 24.7 Å². The van der Waals surface area contributed by atoms with E-state index in [1.807, 2.05) is 25.1 Å². The number of carbonyl (C=O) groups is 2. The standard InChI is InChI=1S/C25H28F2N4O2/c1-18(32)22-5-3-4-6-23(22)28-19(2)29-13-15-30(16-14-29)24(33)20-7-9-21(10-8-20)31-12-11-25(26,27)17-31/h3-10H,11-17H2,1-2H3. The molecule has 2 fully saturated rings. The number of benzene rings is 2. The Bertz CT molecular complexity index is 1060. The number of ketones is 1. The molecular weight excluding hydrogens is 426 g/mol. The van der Waals surface area contributed by atoms with Gasteiger partial charge in [-0.05, 0) is 50.2 Å². The van der Waals surface area contributed by atoms with Crippen molar-refractivity contribution in [2.45, 2.75) is 26.2 Å². The van der Waals surface area contributed by atoms with E-state index in [0.717, 1.165) is 5.84 Å². The summed E-state index contributed by atoms with van der Waals surface area (Å²) in [5.41, 5.74) is 2.51. The number of aliphatic imine (C=N–C) groups is 1. The Hall–Kier alpha value is -3.29. The minimum atomic E-state index is -2.65. The molecule has 0 aromatic heterocycles. The molecule has 33 heavy (non-hydrogen) atoms. The van der Waals surface area contributed by atoms with Gasteiger partial charge in [-0.25, -0.2) is 13.8 Å². The molecule has 2 aliphatic heterocycles. The predicted octanol–water partition coefficient (Wildman–Crippen LogP) is 4.24. The van der Waals surface area contributed by atoms with Crippen LogP contribution in [0.15, 0.2) is 53.5 Å². The molecule has 0 bridgehead atoms. The van der Waals surface area contributed by atoms with Crippen LogP contribution < -0.4 is 4.90 Å².